The number of nitro groups is 1. The molecule has 2 rings (SSSR count). The lowest BCUT2D eigenvalue weighted by molar-refractivity contribution is -0.385. The lowest BCUT2D eigenvalue weighted by atomic mass is 10.2. The van der Waals surface area contributed by atoms with Crippen molar-refractivity contribution in [1.82, 2.24) is 0 Å². The second kappa shape index (κ2) is 9.31. The van der Waals surface area contributed by atoms with Gasteiger partial charge in [0.1, 0.15) is 5.75 Å². The average molecular weight is 356 g/mol. The lowest BCUT2D eigenvalue weighted by Gasteiger charge is -2.17. The minimum atomic E-state index is -0.616. The van der Waals surface area contributed by atoms with E-state index in [4.69, 9.17) is 4.74 Å². The number of hydrogen-bond donors (Lipinski definition) is 0. The summed E-state index contributed by atoms with van der Waals surface area (Å²) in [4.78, 5) is 34.8. The fraction of sp³-hybridized carbons (Fsp3) is 0.263. The zero-order valence-corrected chi connectivity index (χ0v) is 14.5. The highest BCUT2D eigenvalue weighted by molar-refractivity contribution is 5.92. The summed E-state index contributed by atoms with van der Waals surface area (Å²) in [6.45, 7) is 0.333. The third kappa shape index (κ3) is 5.14. The molecule has 0 bridgehead atoms. The van der Waals surface area contributed by atoms with Crippen LogP contribution >= 0.6 is 0 Å². The molecule has 2 aromatic rings. The molecule has 0 unspecified atom stereocenters. The first kappa shape index (κ1) is 19.1. The van der Waals surface area contributed by atoms with Gasteiger partial charge in [0.25, 0.3) is 5.69 Å². The molecule has 2 aromatic carbocycles. The van der Waals surface area contributed by atoms with Gasteiger partial charge in [-0.15, -0.1) is 0 Å². The highest BCUT2D eigenvalue weighted by Crippen LogP contribution is 2.23. The van der Waals surface area contributed by atoms with E-state index in [0.29, 0.717) is 37.9 Å². The predicted molar refractivity (Wildman–Crippen MR) is 97.7 cm³/mol. The molecular weight excluding hydrogens is 336 g/mol. The Morgan fingerprint density at radius 1 is 1.19 bits per heavy atom. The molecule has 0 aliphatic rings. The third-order valence-corrected chi connectivity index (χ3v) is 3.90. The number of nitrogens with zero attached hydrogens (tertiary/aromatic N) is 2. The maximum Gasteiger partial charge on any atom is 0.283 e. The number of carbonyl (C=O) groups excluding carboxylic acids is 2. The molecule has 26 heavy (non-hydrogen) atoms. The van der Waals surface area contributed by atoms with Crippen molar-refractivity contribution in [1.29, 1.82) is 0 Å². The van der Waals surface area contributed by atoms with Crippen molar-refractivity contribution in [3.8, 4) is 5.75 Å². The minimum Gasteiger partial charge on any atom is -0.493 e. The van der Waals surface area contributed by atoms with E-state index in [1.54, 1.807) is 11.9 Å². The number of para-hydroxylation sites is 1. The fourth-order valence-corrected chi connectivity index (χ4v) is 2.40. The van der Waals surface area contributed by atoms with E-state index in [2.05, 4.69) is 0 Å². The van der Waals surface area contributed by atoms with Crippen LogP contribution in [0.25, 0.3) is 0 Å². The number of unbranched alkanes of at least 4 members (excludes halogenated alkanes) is 1. The number of amides is 1. The van der Waals surface area contributed by atoms with Crippen LogP contribution in [0.2, 0.25) is 0 Å². The summed E-state index contributed by atoms with van der Waals surface area (Å²) < 4.78 is 5.48. The summed E-state index contributed by atoms with van der Waals surface area (Å²) >= 11 is 0. The number of benzene rings is 2. The Morgan fingerprint density at radius 2 is 1.92 bits per heavy atom. The van der Waals surface area contributed by atoms with Gasteiger partial charge in [-0.3, -0.25) is 19.7 Å². The van der Waals surface area contributed by atoms with Crippen LogP contribution in [0.4, 0.5) is 11.4 Å². The molecule has 1 amide bonds. The molecule has 0 heterocycles. The van der Waals surface area contributed by atoms with E-state index in [1.165, 1.54) is 18.2 Å². The van der Waals surface area contributed by atoms with E-state index in [-0.39, 0.29) is 17.2 Å². The van der Waals surface area contributed by atoms with Crippen LogP contribution in [0.15, 0.2) is 48.5 Å². The van der Waals surface area contributed by atoms with E-state index < -0.39 is 4.92 Å². The molecule has 0 aliphatic heterocycles. The summed E-state index contributed by atoms with van der Waals surface area (Å²) in [5, 5.41) is 10.9. The standard InChI is InChI=1S/C19H20N2O5/c1-20(16-7-3-2-4-8-16)19(23)9-5-6-12-26-17-11-10-15(14-22)18(13-17)21(24)25/h2-4,7-8,10-11,13-14H,5-6,9,12H2,1H3. The van der Waals surface area contributed by atoms with Crippen molar-refractivity contribution in [3.05, 3.63) is 64.2 Å². The molecule has 0 radical (unpaired) electrons. The van der Waals surface area contributed by atoms with Gasteiger partial charge in [-0.05, 0) is 37.1 Å². The number of anilines is 1. The number of rotatable bonds is 9. The Balaban J connectivity index is 1.77. The van der Waals surface area contributed by atoms with Crippen LogP contribution in [-0.2, 0) is 4.79 Å². The number of aldehydes is 1. The molecule has 0 saturated carbocycles. The van der Waals surface area contributed by atoms with E-state index >= 15 is 0 Å². The first-order valence-corrected chi connectivity index (χ1v) is 8.21. The molecular formula is C19H20N2O5. The van der Waals surface area contributed by atoms with E-state index in [0.717, 1.165) is 5.69 Å². The van der Waals surface area contributed by atoms with Gasteiger partial charge < -0.3 is 9.64 Å². The molecule has 0 spiro atoms. The van der Waals surface area contributed by atoms with Gasteiger partial charge in [-0.1, -0.05) is 18.2 Å². The molecule has 0 saturated heterocycles. The van der Waals surface area contributed by atoms with Crippen LogP contribution in [0, 0.1) is 10.1 Å². The Hall–Kier alpha value is -3.22. The zero-order chi connectivity index (χ0) is 18.9. The van der Waals surface area contributed by atoms with Gasteiger partial charge in [-0.2, -0.15) is 0 Å². The lowest BCUT2D eigenvalue weighted by Crippen LogP contribution is -2.25. The highest BCUT2D eigenvalue weighted by Gasteiger charge is 2.14. The quantitative estimate of drug-likeness (QED) is 0.296. The van der Waals surface area contributed by atoms with Gasteiger partial charge in [0.2, 0.25) is 5.91 Å². The van der Waals surface area contributed by atoms with Crippen LogP contribution < -0.4 is 9.64 Å². The van der Waals surface area contributed by atoms with Crippen LogP contribution in [-0.4, -0.2) is 30.8 Å². The fourth-order valence-electron chi connectivity index (χ4n) is 2.40. The highest BCUT2D eigenvalue weighted by atomic mass is 16.6. The van der Waals surface area contributed by atoms with Crippen LogP contribution in [0.1, 0.15) is 29.6 Å². The number of nitro benzene ring substituents is 1. The van der Waals surface area contributed by atoms with Crippen molar-refractivity contribution in [3.63, 3.8) is 0 Å². The summed E-state index contributed by atoms with van der Waals surface area (Å²) in [7, 11) is 1.74. The topological polar surface area (TPSA) is 89.8 Å². The van der Waals surface area contributed by atoms with Crippen molar-refractivity contribution in [2.24, 2.45) is 0 Å². The van der Waals surface area contributed by atoms with E-state index in [9.17, 15) is 19.7 Å². The monoisotopic (exact) mass is 356 g/mol. The summed E-state index contributed by atoms with van der Waals surface area (Å²) in [5.41, 5.74) is 0.574. The van der Waals surface area contributed by atoms with Crippen molar-refractivity contribution >= 4 is 23.6 Å². The molecule has 0 fully saturated rings. The maximum absolute atomic E-state index is 12.1. The second-order valence-electron chi connectivity index (χ2n) is 5.69. The Bertz CT molecular complexity index is 777. The third-order valence-electron chi connectivity index (χ3n) is 3.90. The van der Waals surface area contributed by atoms with E-state index in [1.807, 2.05) is 30.3 Å². The van der Waals surface area contributed by atoms with Crippen molar-refractivity contribution in [2.45, 2.75) is 19.3 Å². The molecule has 7 nitrogen and oxygen atoms in total. The molecule has 7 heteroatoms. The largest absolute Gasteiger partial charge is 0.493 e. The normalized spacial score (nSPS) is 10.2. The van der Waals surface area contributed by atoms with Crippen LogP contribution in [0.3, 0.4) is 0 Å². The van der Waals surface area contributed by atoms with Crippen molar-refractivity contribution < 1.29 is 19.2 Å². The van der Waals surface area contributed by atoms with Gasteiger partial charge in [0.15, 0.2) is 6.29 Å². The summed E-state index contributed by atoms with van der Waals surface area (Å²) in [6, 6.07) is 13.5. The molecule has 0 atom stereocenters. The first-order valence-electron chi connectivity index (χ1n) is 8.21. The Morgan fingerprint density at radius 3 is 2.58 bits per heavy atom. The van der Waals surface area contributed by atoms with Gasteiger partial charge in [0, 0.05) is 19.2 Å². The maximum atomic E-state index is 12.1. The molecule has 0 aromatic heterocycles. The smallest absolute Gasteiger partial charge is 0.283 e. The molecule has 0 N–H and O–H groups in total. The van der Waals surface area contributed by atoms with Crippen LogP contribution in [0.5, 0.6) is 5.75 Å². The van der Waals surface area contributed by atoms with Crippen molar-refractivity contribution in [2.75, 3.05) is 18.6 Å². The first-order chi connectivity index (χ1) is 12.5. The number of carbonyl (C=O) groups is 2. The minimum absolute atomic E-state index is 0.0110. The zero-order valence-electron chi connectivity index (χ0n) is 14.5. The number of ether oxygens (including phenoxy) is 1. The number of hydrogen-bond acceptors (Lipinski definition) is 5. The van der Waals surface area contributed by atoms with Gasteiger partial charge >= 0.3 is 0 Å². The Kier molecular flexibility index (Phi) is 6.84. The molecule has 136 valence electrons. The van der Waals surface area contributed by atoms with Gasteiger partial charge in [-0.25, -0.2) is 0 Å². The average Bonchev–Trinajstić information content (AvgIpc) is 2.67. The molecule has 0 aliphatic carbocycles. The Labute approximate surface area is 151 Å². The predicted octanol–water partition coefficient (Wildman–Crippen LogP) is 3.62. The second-order valence-corrected chi connectivity index (χ2v) is 5.69. The SMILES string of the molecule is CN(C(=O)CCCCOc1ccc(C=O)c([N+](=O)[O-])c1)c1ccccc1. The summed E-state index contributed by atoms with van der Waals surface area (Å²) in [6.07, 6.45) is 2.11. The summed E-state index contributed by atoms with van der Waals surface area (Å²) in [5.74, 6) is 0.345. The van der Waals surface area contributed by atoms with Gasteiger partial charge in [0.05, 0.1) is 23.2 Å².